The number of hydrogen-bond donors (Lipinski definition) is 1. The van der Waals surface area contributed by atoms with Gasteiger partial charge in [-0.2, -0.15) is 13.2 Å². The Morgan fingerprint density at radius 3 is 2.59 bits per heavy atom. The van der Waals surface area contributed by atoms with Gasteiger partial charge in [-0.3, -0.25) is 14.8 Å². The number of nitrogens with zero attached hydrogens (tertiary/aromatic N) is 3. The van der Waals surface area contributed by atoms with Crippen LogP contribution in [0.15, 0.2) is 55.0 Å². The Balaban J connectivity index is 1.51. The van der Waals surface area contributed by atoms with Crippen LogP contribution in [0.5, 0.6) is 11.5 Å². The van der Waals surface area contributed by atoms with Gasteiger partial charge in [0.15, 0.2) is 0 Å². The Hall–Kier alpha value is -3.46. The van der Waals surface area contributed by atoms with Crippen LogP contribution in [-0.2, 0) is 6.18 Å². The van der Waals surface area contributed by atoms with E-state index in [1.165, 1.54) is 12.4 Å². The van der Waals surface area contributed by atoms with Gasteiger partial charge in [0.05, 0.1) is 23.5 Å². The van der Waals surface area contributed by atoms with Crippen molar-refractivity contribution in [2.24, 2.45) is 0 Å². The summed E-state index contributed by atoms with van der Waals surface area (Å²) in [7, 11) is 2.00. The minimum absolute atomic E-state index is 0.0261. The van der Waals surface area contributed by atoms with Crippen LogP contribution in [0.4, 0.5) is 13.2 Å². The molecular formula is C23H21F3N4O2. The fourth-order valence-electron chi connectivity index (χ4n) is 3.53. The lowest BCUT2D eigenvalue weighted by molar-refractivity contribution is -0.137. The zero-order valence-electron chi connectivity index (χ0n) is 17.5. The first kappa shape index (κ1) is 21.8. The van der Waals surface area contributed by atoms with Crippen LogP contribution in [0.25, 0.3) is 11.3 Å². The minimum atomic E-state index is -4.50. The molecule has 6 nitrogen and oxygen atoms in total. The molecule has 1 N–H and O–H groups in total. The van der Waals surface area contributed by atoms with Crippen molar-refractivity contribution in [1.29, 1.82) is 0 Å². The van der Waals surface area contributed by atoms with E-state index in [-0.39, 0.29) is 17.7 Å². The molecule has 2 aromatic heterocycles. The first-order chi connectivity index (χ1) is 15.2. The Morgan fingerprint density at radius 2 is 1.91 bits per heavy atom. The number of likely N-dealkylation sites (tertiary alicyclic amines) is 1. The molecule has 32 heavy (non-hydrogen) atoms. The van der Waals surface area contributed by atoms with E-state index in [1.807, 2.05) is 20.0 Å². The van der Waals surface area contributed by atoms with Gasteiger partial charge in [0.2, 0.25) is 0 Å². The highest BCUT2D eigenvalue weighted by Crippen LogP contribution is 2.32. The van der Waals surface area contributed by atoms with Crippen molar-refractivity contribution in [1.82, 2.24) is 20.2 Å². The van der Waals surface area contributed by atoms with Crippen molar-refractivity contribution >= 4 is 5.91 Å². The van der Waals surface area contributed by atoms with Crippen LogP contribution in [-0.4, -0.2) is 47.0 Å². The number of amides is 1. The molecular weight excluding hydrogens is 421 g/mol. The predicted octanol–water partition coefficient (Wildman–Crippen LogP) is 4.31. The number of likely N-dealkylation sites (N-methyl/N-ethyl adjacent to an activating group) is 1. The number of benzene rings is 1. The van der Waals surface area contributed by atoms with Crippen molar-refractivity contribution in [3.63, 3.8) is 0 Å². The van der Waals surface area contributed by atoms with E-state index in [4.69, 9.17) is 4.74 Å². The number of halogens is 3. The van der Waals surface area contributed by atoms with Gasteiger partial charge in [-0.15, -0.1) is 0 Å². The molecule has 4 rings (SSSR count). The normalized spacial score (nSPS) is 14.7. The summed E-state index contributed by atoms with van der Waals surface area (Å²) in [6, 6.07) is 9.60. The van der Waals surface area contributed by atoms with Crippen LogP contribution in [0, 0.1) is 6.92 Å². The third kappa shape index (κ3) is 4.88. The van der Waals surface area contributed by atoms with Gasteiger partial charge in [-0.05, 0) is 43.8 Å². The molecule has 1 aromatic carbocycles. The fourth-order valence-corrected chi connectivity index (χ4v) is 3.53. The molecule has 0 radical (unpaired) electrons. The highest BCUT2D eigenvalue weighted by molar-refractivity contribution is 5.96. The van der Waals surface area contributed by atoms with E-state index in [0.29, 0.717) is 17.0 Å². The summed E-state index contributed by atoms with van der Waals surface area (Å²) in [5, 5.41) is 3.01. The molecule has 0 atom stereocenters. The van der Waals surface area contributed by atoms with Crippen LogP contribution < -0.4 is 10.1 Å². The molecule has 0 saturated carbocycles. The van der Waals surface area contributed by atoms with E-state index in [1.54, 1.807) is 24.3 Å². The summed E-state index contributed by atoms with van der Waals surface area (Å²) in [6.45, 7) is 3.52. The van der Waals surface area contributed by atoms with Crippen molar-refractivity contribution in [2.75, 3.05) is 20.1 Å². The standard InChI is InChI=1S/C23H21F3N4O2/c1-14-7-15(3-4-20(14)22(31)29-17-12-30(2)13-17)21-9-18(5-6-28-21)32-19-8-16(10-27-11-19)23(24,25)26/h3-11,17H,12-13H2,1-2H3,(H,29,31). The molecule has 0 bridgehead atoms. The van der Waals surface area contributed by atoms with Gasteiger partial charge in [0.1, 0.15) is 11.5 Å². The Kier molecular flexibility index (Phi) is 5.84. The second kappa shape index (κ2) is 8.58. The number of hydrogen-bond acceptors (Lipinski definition) is 5. The molecule has 0 aliphatic carbocycles. The Bertz CT molecular complexity index is 1140. The monoisotopic (exact) mass is 442 g/mol. The molecule has 1 aliphatic heterocycles. The summed E-state index contributed by atoms with van der Waals surface area (Å²) >= 11 is 0. The Labute approximate surface area is 183 Å². The first-order valence-corrected chi connectivity index (χ1v) is 9.95. The number of carbonyl (C=O) groups is 1. The van der Waals surface area contributed by atoms with Gasteiger partial charge >= 0.3 is 6.18 Å². The summed E-state index contributed by atoms with van der Waals surface area (Å²) < 4.78 is 44.3. The molecule has 0 spiro atoms. The highest BCUT2D eigenvalue weighted by atomic mass is 19.4. The molecule has 1 aliphatic rings. The number of aryl methyl sites for hydroxylation is 1. The van der Waals surface area contributed by atoms with E-state index < -0.39 is 11.7 Å². The number of pyridine rings is 2. The molecule has 166 valence electrons. The summed E-state index contributed by atoms with van der Waals surface area (Å²) in [5.41, 5.74) is 1.82. The van der Waals surface area contributed by atoms with Crippen LogP contribution in [0.2, 0.25) is 0 Å². The van der Waals surface area contributed by atoms with Crippen molar-refractivity contribution in [3.05, 3.63) is 71.7 Å². The number of rotatable bonds is 5. The van der Waals surface area contributed by atoms with Crippen molar-refractivity contribution < 1.29 is 22.7 Å². The molecule has 3 heterocycles. The molecule has 1 saturated heterocycles. The molecule has 3 aromatic rings. The molecule has 1 fully saturated rings. The van der Waals surface area contributed by atoms with Gasteiger partial charge in [0, 0.05) is 42.7 Å². The number of nitrogens with one attached hydrogen (secondary N) is 1. The van der Waals surface area contributed by atoms with Crippen molar-refractivity contribution in [2.45, 2.75) is 19.1 Å². The zero-order valence-corrected chi connectivity index (χ0v) is 17.5. The summed E-state index contributed by atoms with van der Waals surface area (Å²) in [6.07, 6.45) is -1.04. The topological polar surface area (TPSA) is 67.3 Å². The van der Waals surface area contributed by atoms with Gasteiger partial charge in [-0.1, -0.05) is 6.07 Å². The lowest BCUT2D eigenvalue weighted by Gasteiger charge is -2.36. The SMILES string of the molecule is Cc1cc(-c2cc(Oc3cncc(C(F)(F)F)c3)ccn2)ccc1C(=O)NC1CN(C)C1. The number of aromatic nitrogens is 2. The maximum atomic E-state index is 12.9. The maximum absolute atomic E-state index is 12.9. The smallest absolute Gasteiger partial charge is 0.418 e. The summed E-state index contributed by atoms with van der Waals surface area (Å²) in [4.78, 5) is 22.6. The van der Waals surface area contributed by atoms with Crippen LogP contribution in [0.3, 0.4) is 0 Å². The van der Waals surface area contributed by atoms with E-state index in [2.05, 4.69) is 20.2 Å². The number of alkyl halides is 3. The third-order valence-corrected chi connectivity index (χ3v) is 5.17. The van der Waals surface area contributed by atoms with Gasteiger partial charge in [0.25, 0.3) is 5.91 Å². The minimum Gasteiger partial charge on any atom is -0.456 e. The zero-order chi connectivity index (χ0) is 22.9. The second-order valence-electron chi connectivity index (χ2n) is 7.81. The molecule has 9 heteroatoms. The Morgan fingerprint density at radius 1 is 1.12 bits per heavy atom. The number of carbonyl (C=O) groups excluding carboxylic acids is 1. The number of ether oxygens (including phenoxy) is 1. The van der Waals surface area contributed by atoms with Crippen LogP contribution in [0.1, 0.15) is 21.5 Å². The summed E-state index contributed by atoms with van der Waals surface area (Å²) in [5.74, 6) is 0.181. The van der Waals surface area contributed by atoms with E-state index in [0.717, 1.165) is 36.5 Å². The molecule has 0 unspecified atom stereocenters. The lowest BCUT2D eigenvalue weighted by Crippen LogP contribution is -2.57. The predicted molar refractivity (Wildman–Crippen MR) is 112 cm³/mol. The third-order valence-electron chi connectivity index (χ3n) is 5.17. The largest absolute Gasteiger partial charge is 0.456 e. The van der Waals surface area contributed by atoms with Crippen LogP contribution >= 0.6 is 0 Å². The second-order valence-corrected chi connectivity index (χ2v) is 7.81. The highest BCUT2D eigenvalue weighted by Gasteiger charge is 2.31. The lowest BCUT2D eigenvalue weighted by atomic mass is 10.0. The maximum Gasteiger partial charge on any atom is 0.418 e. The van der Waals surface area contributed by atoms with Gasteiger partial charge in [-0.25, -0.2) is 0 Å². The fraction of sp³-hybridized carbons (Fsp3) is 0.261. The molecule has 1 amide bonds. The first-order valence-electron chi connectivity index (χ1n) is 9.95. The van der Waals surface area contributed by atoms with E-state index >= 15 is 0 Å². The average Bonchev–Trinajstić information content (AvgIpc) is 2.72. The average molecular weight is 442 g/mol. The quantitative estimate of drug-likeness (QED) is 0.638. The van der Waals surface area contributed by atoms with Crippen molar-refractivity contribution in [3.8, 4) is 22.8 Å². The van der Waals surface area contributed by atoms with E-state index in [9.17, 15) is 18.0 Å². The van der Waals surface area contributed by atoms with Gasteiger partial charge < -0.3 is 15.0 Å².